The highest BCUT2D eigenvalue weighted by Gasteiger charge is 2.02. The topological polar surface area (TPSA) is 48.5 Å². The summed E-state index contributed by atoms with van der Waals surface area (Å²) in [7, 11) is 1.71. The van der Waals surface area contributed by atoms with Gasteiger partial charge in [0.2, 0.25) is 0 Å². The highest BCUT2D eigenvalue weighted by atomic mass is 19.1. The van der Waals surface area contributed by atoms with Crippen LogP contribution in [0.1, 0.15) is 12.0 Å². The lowest BCUT2D eigenvalue weighted by atomic mass is 10.2. The van der Waals surface area contributed by atoms with Crippen molar-refractivity contribution in [2.45, 2.75) is 13.0 Å². The van der Waals surface area contributed by atoms with Gasteiger partial charge in [0.05, 0.1) is 0 Å². The summed E-state index contributed by atoms with van der Waals surface area (Å²) in [5, 5.41) is 9.69. The number of hydrogen-bond donors (Lipinski definition) is 3. The maximum Gasteiger partial charge on any atom is 0.191 e. The summed E-state index contributed by atoms with van der Waals surface area (Å²) in [6.45, 7) is 2.08. The van der Waals surface area contributed by atoms with Crippen molar-refractivity contribution >= 4 is 11.6 Å². The van der Waals surface area contributed by atoms with Gasteiger partial charge in [-0.15, -0.1) is 0 Å². The maximum absolute atomic E-state index is 13.5. The molecule has 0 radical (unpaired) electrons. The van der Waals surface area contributed by atoms with Crippen LogP contribution in [0.2, 0.25) is 0 Å². The number of nitrogens with zero attached hydrogens (tertiary/aromatic N) is 1. The van der Waals surface area contributed by atoms with Crippen LogP contribution < -0.4 is 16.0 Å². The first kappa shape index (κ1) is 16.8. The van der Waals surface area contributed by atoms with Crippen LogP contribution in [0.3, 0.4) is 0 Å². The van der Waals surface area contributed by atoms with Crippen molar-refractivity contribution in [1.82, 2.24) is 10.6 Å². The van der Waals surface area contributed by atoms with Gasteiger partial charge in [-0.1, -0.05) is 36.4 Å². The lowest BCUT2D eigenvalue weighted by molar-refractivity contribution is 0.604. The Bertz CT molecular complexity index is 613. The van der Waals surface area contributed by atoms with Crippen molar-refractivity contribution in [3.8, 4) is 0 Å². The van der Waals surface area contributed by atoms with Gasteiger partial charge in [-0.05, 0) is 24.6 Å². The molecule has 0 aliphatic rings. The predicted molar refractivity (Wildman–Crippen MR) is 94.2 cm³/mol. The summed E-state index contributed by atoms with van der Waals surface area (Å²) in [5.74, 6) is 0.468. The summed E-state index contributed by atoms with van der Waals surface area (Å²) in [6.07, 6.45) is 0.954. The van der Waals surface area contributed by atoms with Crippen LogP contribution in [0, 0.1) is 5.82 Å². The van der Waals surface area contributed by atoms with Crippen LogP contribution in [0.5, 0.6) is 0 Å². The smallest absolute Gasteiger partial charge is 0.191 e. The number of benzene rings is 2. The molecule has 0 saturated heterocycles. The number of anilines is 1. The third-order valence-corrected chi connectivity index (χ3v) is 3.38. The van der Waals surface area contributed by atoms with Crippen LogP contribution in [-0.2, 0) is 6.54 Å². The fraction of sp³-hybridized carbons (Fsp3) is 0.278. The first-order valence-electron chi connectivity index (χ1n) is 7.76. The number of halogens is 1. The molecule has 0 aromatic heterocycles. The van der Waals surface area contributed by atoms with Gasteiger partial charge < -0.3 is 16.0 Å². The molecule has 0 fully saturated rings. The Hall–Kier alpha value is -2.56. The molecule has 0 heterocycles. The lowest BCUT2D eigenvalue weighted by Crippen LogP contribution is -2.37. The first-order valence-corrected chi connectivity index (χ1v) is 7.76. The van der Waals surface area contributed by atoms with Gasteiger partial charge in [-0.25, -0.2) is 4.39 Å². The second-order valence-corrected chi connectivity index (χ2v) is 5.09. The van der Waals surface area contributed by atoms with E-state index in [0.29, 0.717) is 18.1 Å². The molecule has 3 N–H and O–H groups in total. The molecule has 5 heteroatoms. The molecule has 0 unspecified atom stereocenters. The molecule has 0 aliphatic carbocycles. The minimum atomic E-state index is -0.206. The Labute approximate surface area is 136 Å². The minimum absolute atomic E-state index is 0.206. The van der Waals surface area contributed by atoms with Crippen LogP contribution in [-0.4, -0.2) is 26.1 Å². The lowest BCUT2D eigenvalue weighted by Gasteiger charge is -2.12. The molecule has 2 aromatic carbocycles. The van der Waals surface area contributed by atoms with Crippen molar-refractivity contribution in [3.63, 3.8) is 0 Å². The molecular weight excluding hydrogens is 291 g/mol. The van der Waals surface area contributed by atoms with E-state index in [1.807, 2.05) is 36.4 Å². The summed E-state index contributed by atoms with van der Waals surface area (Å²) in [5.41, 5.74) is 1.75. The average molecular weight is 314 g/mol. The Kier molecular flexibility index (Phi) is 6.91. The maximum atomic E-state index is 13.5. The summed E-state index contributed by atoms with van der Waals surface area (Å²) in [6, 6.07) is 16.8. The zero-order valence-electron chi connectivity index (χ0n) is 13.3. The zero-order chi connectivity index (χ0) is 16.3. The highest BCUT2D eigenvalue weighted by molar-refractivity contribution is 5.79. The molecule has 23 heavy (non-hydrogen) atoms. The van der Waals surface area contributed by atoms with E-state index >= 15 is 0 Å². The standard InChI is InChI=1S/C18H23FN4/c1-20-18(23-14-15-8-5-6-11-17(15)19)22-13-7-12-21-16-9-3-2-4-10-16/h2-6,8-11,21H,7,12-14H2,1H3,(H2,20,22,23). The van der Waals surface area contributed by atoms with E-state index in [9.17, 15) is 4.39 Å². The highest BCUT2D eigenvalue weighted by Crippen LogP contribution is 2.05. The third-order valence-electron chi connectivity index (χ3n) is 3.38. The van der Waals surface area contributed by atoms with Crippen LogP contribution in [0.15, 0.2) is 59.6 Å². The molecule has 0 amide bonds. The molecule has 0 saturated carbocycles. The van der Waals surface area contributed by atoms with E-state index in [2.05, 4.69) is 20.9 Å². The molecule has 2 aromatic rings. The number of hydrogen-bond acceptors (Lipinski definition) is 2. The average Bonchev–Trinajstić information content (AvgIpc) is 2.59. The van der Waals surface area contributed by atoms with Gasteiger partial charge in [-0.3, -0.25) is 4.99 Å². The van der Waals surface area contributed by atoms with Gasteiger partial charge in [0, 0.05) is 37.9 Å². The van der Waals surface area contributed by atoms with E-state index in [1.165, 1.54) is 6.07 Å². The fourth-order valence-corrected chi connectivity index (χ4v) is 2.13. The quantitative estimate of drug-likeness (QED) is 0.418. The minimum Gasteiger partial charge on any atom is -0.385 e. The Morgan fingerprint density at radius 3 is 2.43 bits per heavy atom. The molecule has 2 rings (SSSR count). The molecule has 122 valence electrons. The van der Waals surface area contributed by atoms with Gasteiger partial charge in [-0.2, -0.15) is 0 Å². The molecular formula is C18H23FN4. The number of para-hydroxylation sites is 1. The van der Waals surface area contributed by atoms with E-state index in [-0.39, 0.29) is 5.82 Å². The SMILES string of the molecule is CN=C(NCCCNc1ccccc1)NCc1ccccc1F. The second kappa shape index (κ2) is 9.46. The van der Waals surface area contributed by atoms with Gasteiger partial charge in [0.25, 0.3) is 0 Å². The van der Waals surface area contributed by atoms with Crippen LogP contribution >= 0.6 is 0 Å². The number of rotatable bonds is 7. The van der Waals surface area contributed by atoms with E-state index < -0.39 is 0 Å². The van der Waals surface area contributed by atoms with Crippen molar-refractivity contribution in [3.05, 3.63) is 66.0 Å². The van der Waals surface area contributed by atoms with Crippen molar-refractivity contribution in [2.75, 3.05) is 25.5 Å². The van der Waals surface area contributed by atoms with E-state index in [1.54, 1.807) is 19.2 Å². The van der Waals surface area contributed by atoms with Crippen molar-refractivity contribution in [1.29, 1.82) is 0 Å². The molecule has 0 bridgehead atoms. The summed E-state index contributed by atoms with van der Waals surface area (Å²) < 4.78 is 13.5. The van der Waals surface area contributed by atoms with E-state index in [4.69, 9.17) is 0 Å². The largest absolute Gasteiger partial charge is 0.385 e. The number of nitrogens with one attached hydrogen (secondary N) is 3. The monoisotopic (exact) mass is 314 g/mol. The molecule has 0 spiro atoms. The molecule has 0 atom stereocenters. The Balaban J connectivity index is 1.64. The Morgan fingerprint density at radius 2 is 1.70 bits per heavy atom. The number of guanidine groups is 1. The van der Waals surface area contributed by atoms with E-state index in [0.717, 1.165) is 25.2 Å². The zero-order valence-corrected chi connectivity index (χ0v) is 13.3. The van der Waals surface area contributed by atoms with Crippen molar-refractivity contribution in [2.24, 2.45) is 4.99 Å². The molecule has 4 nitrogen and oxygen atoms in total. The normalized spacial score (nSPS) is 11.1. The fourth-order valence-electron chi connectivity index (χ4n) is 2.13. The van der Waals surface area contributed by atoms with Gasteiger partial charge in [0.15, 0.2) is 5.96 Å². The predicted octanol–water partition coefficient (Wildman–Crippen LogP) is 2.99. The number of aliphatic imine (C=N–C) groups is 1. The first-order chi connectivity index (χ1) is 11.3. The van der Waals surface area contributed by atoms with Crippen LogP contribution in [0.25, 0.3) is 0 Å². The molecule has 0 aliphatic heterocycles. The third kappa shape index (κ3) is 5.98. The van der Waals surface area contributed by atoms with Gasteiger partial charge in [0.1, 0.15) is 5.82 Å². The van der Waals surface area contributed by atoms with Crippen LogP contribution in [0.4, 0.5) is 10.1 Å². The Morgan fingerprint density at radius 1 is 0.957 bits per heavy atom. The van der Waals surface area contributed by atoms with Crippen molar-refractivity contribution < 1.29 is 4.39 Å². The van der Waals surface area contributed by atoms with Gasteiger partial charge >= 0.3 is 0 Å². The summed E-state index contributed by atoms with van der Waals surface area (Å²) >= 11 is 0. The summed E-state index contributed by atoms with van der Waals surface area (Å²) in [4.78, 5) is 4.14. The second-order valence-electron chi connectivity index (χ2n) is 5.09.